The predicted octanol–water partition coefficient (Wildman–Crippen LogP) is 15.8. The molecule has 0 saturated carbocycles. The van der Waals surface area contributed by atoms with Crippen molar-refractivity contribution in [3.05, 3.63) is 214 Å². The van der Waals surface area contributed by atoms with E-state index in [1.807, 2.05) is 0 Å². The Morgan fingerprint density at radius 2 is 0.673 bits per heavy atom. The molecule has 0 saturated heterocycles. The Hall–Kier alpha value is -5.68. The molecule has 0 radical (unpaired) electrons. The number of rotatable bonds is 8. The molecule has 1 aliphatic carbocycles. The van der Waals surface area contributed by atoms with Crippen LogP contribution in [-0.2, 0) is 5.41 Å². The number of anilines is 6. The highest BCUT2D eigenvalue weighted by Gasteiger charge is 2.36. The van der Waals surface area contributed by atoms with Crippen molar-refractivity contribution in [3.63, 3.8) is 0 Å². The molecule has 266 valence electrons. The molecule has 4 heteroatoms. The quantitative estimate of drug-likeness (QED) is 0.150. The molecule has 0 atom stereocenters. The summed E-state index contributed by atoms with van der Waals surface area (Å²) in [6.07, 6.45) is 0. The van der Waals surface area contributed by atoms with E-state index in [0.29, 0.717) is 0 Å². The van der Waals surface area contributed by atoms with Crippen LogP contribution in [0.5, 0.6) is 0 Å². The highest BCUT2D eigenvalue weighted by molar-refractivity contribution is 9.11. The minimum Gasteiger partial charge on any atom is -0.311 e. The molecule has 0 spiro atoms. The number of nitrogens with zero attached hydrogens (tertiary/aromatic N) is 2. The van der Waals surface area contributed by atoms with Crippen LogP contribution in [-0.4, -0.2) is 0 Å². The first-order valence-corrected chi connectivity index (χ1v) is 20.2. The fourth-order valence-electron chi connectivity index (χ4n) is 8.01. The van der Waals surface area contributed by atoms with Crippen LogP contribution < -0.4 is 9.80 Å². The molecular formula is C51H38Br2N2. The molecule has 0 unspecified atom stereocenters. The second kappa shape index (κ2) is 14.5. The standard InChI is InChI=1S/C51H38Br2N2/c1-51(2)47-31-36(25-29-43(47)44-30-28-42(32-48(44)51)55(39-19-11-5-12-20-39)40-21-13-6-14-22-40)46-34-49(52)45(33-50(46)53)35-23-26-41(27-24-35)54(37-15-7-3-8-16-37)38-17-9-4-10-18-38/h3-34H,1-2H3. The van der Waals surface area contributed by atoms with Gasteiger partial charge in [-0.1, -0.05) is 149 Å². The fraction of sp³-hybridized carbons (Fsp3) is 0.0588. The number of halogens is 2. The molecular weight excluding hydrogens is 800 g/mol. The monoisotopic (exact) mass is 836 g/mol. The molecule has 2 nitrogen and oxygen atoms in total. The van der Waals surface area contributed by atoms with E-state index in [1.165, 1.54) is 27.8 Å². The van der Waals surface area contributed by atoms with Gasteiger partial charge in [0.25, 0.3) is 0 Å². The van der Waals surface area contributed by atoms with Crippen LogP contribution in [0.2, 0.25) is 0 Å². The summed E-state index contributed by atoms with van der Waals surface area (Å²) in [6.45, 7) is 4.71. The average Bonchev–Trinajstić information content (AvgIpc) is 3.45. The van der Waals surface area contributed by atoms with E-state index in [2.05, 4.69) is 250 Å². The summed E-state index contributed by atoms with van der Waals surface area (Å²) in [5.41, 5.74) is 16.5. The van der Waals surface area contributed by atoms with Crippen LogP contribution >= 0.6 is 31.9 Å². The van der Waals surface area contributed by atoms with E-state index in [0.717, 1.165) is 59.8 Å². The minimum absolute atomic E-state index is 0.186. The van der Waals surface area contributed by atoms with Crippen molar-refractivity contribution < 1.29 is 0 Å². The summed E-state index contributed by atoms with van der Waals surface area (Å²) >= 11 is 7.96. The van der Waals surface area contributed by atoms with Gasteiger partial charge in [-0.25, -0.2) is 0 Å². The first-order chi connectivity index (χ1) is 26.9. The molecule has 1 aliphatic rings. The van der Waals surface area contributed by atoms with E-state index in [1.54, 1.807) is 0 Å². The summed E-state index contributed by atoms with van der Waals surface area (Å²) in [6, 6.07) is 69.5. The molecule has 0 aliphatic heterocycles. The van der Waals surface area contributed by atoms with Crippen molar-refractivity contribution in [2.24, 2.45) is 0 Å². The van der Waals surface area contributed by atoms with Gasteiger partial charge in [0.05, 0.1) is 0 Å². The lowest BCUT2D eigenvalue weighted by molar-refractivity contribution is 0.660. The van der Waals surface area contributed by atoms with E-state index in [9.17, 15) is 0 Å². The largest absolute Gasteiger partial charge is 0.311 e. The number of hydrogen-bond donors (Lipinski definition) is 0. The molecule has 55 heavy (non-hydrogen) atoms. The van der Waals surface area contributed by atoms with Crippen LogP contribution in [0.3, 0.4) is 0 Å². The second-order valence-electron chi connectivity index (χ2n) is 14.5. The van der Waals surface area contributed by atoms with Gasteiger partial charge in [-0.05, 0) is 136 Å². The van der Waals surface area contributed by atoms with Crippen molar-refractivity contribution >= 4 is 66.0 Å². The van der Waals surface area contributed by atoms with Crippen LogP contribution in [0, 0.1) is 0 Å². The van der Waals surface area contributed by atoms with E-state index >= 15 is 0 Å². The van der Waals surface area contributed by atoms with Gasteiger partial charge in [0.15, 0.2) is 0 Å². The van der Waals surface area contributed by atoms with Crippen molar-refractivity contribution in [3.8, 4) is 33.4 Å². The van der Waals surface area contributed by atoms with Crippen LogP contribution in [0.25, 0.3) is 33.4 Å². The smallest absolute Gasteiger partial charge is 0.0465 e. The number of benzene rings is 8. The molecule has 9 rings (SSSR count). The third kappa shape index (κ3) is 6.50. The first kappa shape index (κ1) is 35.0. The summed E-state index contributed by atoms with van der Waals surface area (Å²) in [4.78, 5) is 4.63. The number of para-hydroxylation sites is 4. The van der Waals surface area contributed by atoms with Gasteiger partial charge in [-0.2, -0.15) is 0 Å². The summed E-state index contributed by atoms with van der Waals surface area (Å²) in [5.74, 6) is 0. The summed E-state index contributed by atoms with van der Waals surface area (Å²) in [5, 5.41) is 0. The predicted molar refractivity (Wildman–Crippen MR) is 240 cm³/mol. The zero-order chi connectivity index (χ0) is 37.5. The highest BCUT2D eigenvalue weighted by atomic mass is 79.9. The third-order valence-electron chi connectivity index (χ3n) is 10.8. The normalized spacial score (nSPS) is 12.5. The van der Waals surface area contributed by atoms with Gasteiger partial charge in [0.2, 0.25) is 0 Å². The van der Waals surface area contributed by atoms with Gasteiger partial charge in [-0.3, -0.25) is 0 Å². The summed E-state index contributed by atoms with van der Waals surface area (Å²) < 4.78 is 2.11. The average molecular weight is 839 g/mol. The molecule has 0 N–H and O–H groups in total. The molecule has 8 aromatic carbocycles. The molecule has 8 aromatic rings. The molecule has 0 fully saturated rings. The van der Waals surface area contributed by atoms with Gasteiger partial charge < -0.3 is 9.80 Å². The Bertz CT molecular complexity index is 2540. The fourth-order valence-corrected chi connectivity index (χ4v) is 9.16. The number of hydrogen-bond acceptors (Lipinski definition) is 2. The zero-order valence-corrected chi connectivity index (χ0v) is 33.8. The van der Waals surface area contributed by atoms with Crippen molar-refractivity contribution in [2.75, 3.05) is 9.80 Å². The lowest BCUT2D eigenvalue weighted by Gasteiger charge is -2.28. The lowest BCUT2D eigenvalue weighted by atomic mass is 9.81. The maximum atomic E-state index is 3.99. The molecule has 0 amide bonds. The zero-order valence-electron chi connectivity index (χ0n) is 30.6. The lowest BCUT2D eigenvalue weighted by Crippen LogP contribution is -2.16. The van der Waals surface area contributed by atoms with E-state index in [-0.39, 0.29) is 5.41 Å². The molecule has 0 heterocycles. The Morgan fingerprint density at radius 3 is 1.15 bits per heavy atom. The van der Waals surface area contributed by atoms with Crippen molar-refractivity contribution in [1.29, 1.82) is 0 Å². The van der Waals surface area contributed by atoms with Crippen molar-refractivity contribution in [1.82, 2.24) is 0 Å². The highest BCUT2D eigenvalue weighted by Crippen LogP contribution is 2.52. The van der Waals surface area contributed by atoms with Gasteiger partial charge in [0, 0.05) is 48.5 Å². The summed E-state index contributed by atoms with van der Waals surface area (Å²) in [7, 11) is 0. The van der Waals surface area contributed by atoms with Crippen LogP contribution in [0.1, 0.15) is 25.0 Å². The van der Waals surface area contributed by atoms with Gasteiger partial charge >= 0.3 is 0 Å². The van der Waals surface area contributed by atoms with E-state index < -0.39 is 0 Å². The Morgan fingerprint density at radius 1 is 0.327 bits per heavy atom. The van der Waals surface area contributed by atoms with Gasteiger partial charge in [-0.15, -0.1) is 0 Å². The Kier molecular flexibility index (Phi) is 9.25. The maximum Gasteiger partial charge on any atom is 0.0465 e. The van der Waals surface area contributed by atoms with Crippen molar-refractivity contribution in [2.45, 2.75) is 19.3 Å². The van der Waals surface area contributed by atoms with E-state index in [4.69, 9.17) is 0 Å². The SMILES string of the molecule is CC1(C)c2cc(-c3cc(Br)c(-c4ccc(N(c5ccccc5)c5ccccc5)cc4)cc3Br)ccc2-c2ccc(N(c3ccccc3)c3ccccc3)cc21. The minimum atomic E-state index is -0.186. The molecule has 0 bridgehead atoms. The Balaban J connectivity index is 1.03. The topological polar surface area (TPSA) is 6.48 Å². The van der Waals surface area contributed by atoms with Crippen LogP contribution in [0.4, 0.5) is 34.1 Å². The first-order valence-electron chi connectivity index (χ1n) is 18.6. The molecule has 0 aromatic heterocycles. The maximum absolute atomic E-state index is 3.99. The third-order valence-corrected chi connectivity index (χ3v) is 12.1. The second-order valence-corrected chi connectivity index (χ2v) is 16.2. The van der Waals surface area contributed by atoms with Crippen LogP contribution in [0.15, 0.2) is 203 Å². The van der Waals surface area contributed by atoms with Gasteiger partial charge in [0.1, 0.15) is 0 Å². The Labute approximate surface area is 340 Å². The number of fused-ring (bicyclic) bond motifs is 3.